The second-order valence-corrected chi connectivity index (χ2v) is 8.66. The molecule has 6 nitrogen and oxygen atoms in total. The van der Waals surface area contributed by atoms with Gasteiger partial charge in [0.2, 0.25) is 0 Å². The number of imide groups is 2. The molecule has 36 heavy (non-hydrogen) atoms. The number of para-hydroxylation sites is 2. The first kappa shape index (κ1) is 23.1. The molecule has 0 aliphatic carbocycles. The third kappa shape index (κ3) is 4.14. The first-order valence-corrected chi connectivity index (χ1v) is 11.7. The predicted molar refractivity (Wildman–Crippen MR) is 141 cm³/mol. The fourth-order valence-corrected chi connectivity index (χ4v) is 4.26. The minimum Gasteiger partial charge on any atom is -0.490 e. The van der Waals surface area contributed by atoms with E-state index < -0.39 is 17.8 Å². The molecule has 1 aliphatic heterocycles. The average molecular weight is 477 g/mol. The van der Waals surface area contributed by atoms with E-state index in [1.807, 2.05) is 50.2 Å². The van der Waals surface area contributed by atoms with Gasteiger partial charge in [-0.25, -0.2) is 14.6 Å². The number of urea groups is 1. The summed E-state index contributed by atoms with van der Waals surface area (Å²) in [5, 5.41) is 1.77. The summed E-state index contributed by atoms with van der Waals surface area (Å²) in [5.41, 5.74) is 1.23. The van der Waals surface area contributed by atoms with E-state index in [1.165, 1.54) is 0 Å². The number of hydrogen-bond acceptors (Lipinski definition) is 4. The van der Waals surface area contributed by atoms with Crippen molar-refractivity contribution in [3.8, 4) is 5.75 Å². The smallest absolute Gasteiger partial charge is 0.343 e. The van der Waals surface area contributed by atoms with Crippen molar-refractivity contribution >= 4 is 46.1 Å². The molecule has 0 saturated carbocycles. The molecule has 0 bridgehead atoms. The fraction of sp³-hybridized carbons (Fsp3) is 0.100. The number of fused-ring (bicyclic) bond motifs is 1. The van der Waals surface area contributed by atoms with Crippen LogP contribution in [0, 0.1) is 0 Å². The lowest BCUT2D eigenvalue weighted by Crippen LogP contribution is -2.57. The highest BCUT2D eigenvalue weighted by Crippen LogP contribution is 2.34. The average Bonchev–Trinajstić information content (AvgIpc) is 2.88. The third-order valence-electron chi connectivity index (χ3n) is 5.86. The summed E-state index contributed by atoms with van der Waals surface area (Å²) in [5.74, 6) is -0.829. The Labute approximate surface area is 209 Å². The summed E-state index contributed by atoms with van der Waals surface area (Å²) in [6, 6.07) is 27.9. The van der Waals surface area contributed by atoms with Crippen LogP contribution >= 0.6 is 0 Å². The number of carbonyl (C=O) groups excluding carboxylic acids is 3. The molecule has 1 saturated heterocycles. The Hall–Kier alpha value is -4.71. The first-order valence-electron chi connectivity index (χ1n) is 11.7. The van der Waals surface area contributed by atoms with Gasteiger partial charge in [0, 0.05) is 5.56 Å². The number of ether oxygens (including phenoxy) is 1. The monoisotopic (exact) mass is 476 g/mol. The van der Waals surface area contributed by atoms with Crippen LogP contribution in [-0.4, -0.2) is 23.9 Å². The van der Waals surface area contributed by atoms with Gasteiger partial charge in [-0.05, 0) is 61.0 Å². The van der Waals surface area contributed by atoms with Gasteiger partial charge in [-0.1, -0.05) is 66.7 Å². The molecule has 1 fully saturated rings. The number of nitrogens with zero attached hydrogens (tertiary/aromatic N) is 2. The van der Waals surface area contributed by atoms with Crippen molar-refractivity contribution in [2.24, 2.45) is 0 Å². The predicted octanol–water partition coefficient (Wildman–Crippen LogP) is 6.21. The van der Waals surface area contributed by atoms with Crippen LogP contribution < -0.4 is 14.5 Å². The van der Waals surface area contributed by atoms with Gasteiger partial charge in [0.25, 0.3) is 11.8 Å². The van der Waals surface area contributed by atoms with E-state index in [9.17, 15) is 14.4 Å². The van der Waals surface area contributed by atoms with Crippen molar-refractivity contribution in [1.82, 2.24) is 0 Å². The normalized spacial score (nSPS) is 14.1. The molecule has 178 valence electrons. The number of hydrogen-bond donors (Lipinski definition) is 0. The number of amides is 4. The number of benzene rings is 4. The molecule has 4 amide bonds. The molecule has 4 aromatic carbocycles. The second-order valence-electron chi connectivity index (χ2n) is 8.66. The zero-order valence-electron chi connectivity index (χ0n) is 19.9. The maximum atomic E-state index is 13.7. The van der Waals surface area contributed by atoms with Crippen LogP contribution in [0.3, 0.4) is 0 Å². The van der Waals surface area contributed by atoms with Crippen molar-refractivity contribution in [2.75, 3.05) is 9.80 Å². The quantitative estimate of drug-likeness (QED) is 0.254. The number of carbonyl (C=O) groups is 3. The number of barbiturate groups is 1. The van der Waals surface area contributed by atoms with Crippen molar-refractivity contribution in [2.45, 2.75) is 20.0 Å². The van der Waals surface area contributed by atoms with Gasteiger partial charge in [-0.2, -0.15) is 0 Å². The summed E-state index contributed by atoms with van der Waals surface area (Å²) in [7, 11) is 0. The van der Waals surface area contributed by atoms with E-state index >= 15 is 0 Å². The molecular formula is C30H24N2O4. The molecule has 0 N–H and O–H groups in total. The van der Waals surface area contributed by atoms with Gasteiger partial charge in [0.05, 0.1) is 17.5 Å². The molecule has 0 aromatic heterocycles. The lowest BCUT2D eigenvalue weighted by atomic mass is 9.99. The van der Waals surface area contributed by atoms with Crippen LogP contribution in [-0.2, 0) is 9.59 Å². The van der Waals surface area contributed by atoms with E-state index in [0.29, 0.717) is 22.7 Å². The number of anilines is 2. The van der Waals surface area contributed by atoms with E-state index in [1.54, 1.807) is 66.7 Å². The Balaban J connectivity index is 1.74. The minimum atomic E-state index is -0.726. The second kappa shape index (κ2) is 9.50. The van der Waals surface area contributed by atoms with Crippen molar-refractivity contribution in [1.29, 1.82) is 0 Å². The first-order chi connectivity index (χ1) is 17.5. The van der Waals surface area contributed by atoms with Crippen LogP contribution in [0.15, 0.2) is 103 Å². The molecule has 0 spiro atoms. The molecule has 6 heteroatoms. The highest BCUT2D eigenvalue weighted by atomic mass is 16.5. The molecule has 1 aliphatic rings. The van der Waals surface area contributed by atoms with Crippen LogP contribution in [0.25, 0.3) is 16.8 Å². The Morgan fingerprint density at radius 1 is 0.667 bits per heavy atom. The Bertz CT molecular complexity index is 1430. The Morgan fingerprint density at radius 2 is 1.19 bits per heavy atom. The van der Waals surface area contributed by atoms with Gasteiger partial charge >= 0.3 is 6.03 Å². The van der Waals surface area contributed by atoms with E-state index in [0.717, 1.165) is 20.6 Å². The summed E-state index contributed by atoms with van der Waals surface area (Å²) >= 11 is 0. The zero-order valence-corrected chi connectivity index (χ0v) is 19.9. The Kier molecular flexibility index (Phi) is 6.09. The van der Waals surface area contributed by atoms with Gasteiger partial charge in [-0.3, -0.25) is 9.59 Å². The highest BCUT2D eigenvalue weighted by Gasteiger charge is 2.43. The topological polar surface area (TPSA) is 66.9 Å². The standard InChI is InChI=1S/C30H24N2O4/c1-20(2)36-27-18-17-21-11-9-10-16-24(21)25(27)19-26-28(33)31(22-12-5-3-6-13-22)30(35)32(29(26)34)23-14-7-4-8-15-23/h3-20H,1-2H3. The SMILES string of the molecule is CC(C)Oc1ccc2ccccc2c1C=C1C(=O)N(c2ccccc2)C(=O)N(c2ccccc2)C1=O. The summed E-state index contributed by atoms with van der Waals surface area (Å²) in [6.45, 7) is 3.83. The lowest BCUT2D eigenvalue weighted by Gasteiger charge is -2.34. The summed E-state index contributed by atoms with van der Waals surface area (Å²) in [6.07, 6.45) is 1.42. The summed E-state index contributed by atoms with van der Waals surface area (Å²) < 4.78 is 6.05. The van der Waals surface area contributed by atoms with E-state index in [2.05, 4.69) is 0 Å². The molecule has 1 heterocycles. The zero-order chi connectivity index (χ0) is 25.2. The Morgan fingerprint density at radius 3 is 1.75 bits per heavy atom. The minimum absolute atomic E-state index is 0.121. The van der Waals surface area contributed by atoms with Gasteiger partial charge in [0.15, 0.2) is 0 Å². The summed E-state index contributed by atoms with van der Waals surface area (Å²) in [4.78, 5) is 43.1. The van der Waals surface area contributed by atoms with E-state index in [4.69, 9.17) is 4.74 Å². The van der Waals surface area contributed by atoms with Crippen LogP contribution in [0.2, 0.25) is 0 Å². The molecule has 0 unspecified atom stereocenters. The van der Waals surface area contributed by atoms with Crippen molar-refractivity contribution < 1.29 is 19.1 Å². The lowest BCUT2D eigenvalue weighted by molar-refractivity contribution is -0.121. The van der Waals surface area contributed by atoms with Crippen LogP contribution in [0.5, 0.6) is 5.75 Å². The largest absolute Gasteiger partial charge is 0.490 e. The van der Waals surface area contributed by atoms with Crippen LogP contribution in [0.1, 0.15) is 19.4 Å². The molecule has 0 radical (unpaired) electrons. The van der Waals surface area contributed by atoms with Gasteiger partial charge < -0.3 is 4.74 Å². The maximum Gasteiger partial charge on any atom is 0.343 e. The van der Waals surface area contributed by atoms with Crippen molar-refractivity contribution in [3.63, 3.8) is 0 Å². The van der Waals surface area contributed by atoms with Crippen LogP contribution in [0.4, 0.5) is 16.2 Å². The molecule has 5 rings (SSSR count). The molecular weight excluding hydrogens is 452 g/mol. The molecule has 4 aromatic rings. The fourth-order valence-electron chi connectivity index (χ4n) is 4.26. The third-order valence-corrected chi connectivity index (χ3v) is 5.86. The number of rotatable bonds is 5. The van der Waals surface area contributed by atoms with E-state index in [-0.39, 0.29) is 11.7 Å². The van der Waals surface area contributed by atoms with Gasteiger partial charge in [-0.15, -0.1) is 0 Å². The van der Waals surface area contributed by atoms with Crippen molar-refractivity contribution in [3.05, 3.63) is 108 Å². The molecule has 0 atom stereocenters. The highest BCUT2D eigenvalue weighted by molar-refractivity contribution is 6.46. The maximum absolute atomic E-state index is 13.7. The van der Waals surface area contributed by atoms with Gasteiger partial charge in [0.1, 0.15) is 11.3 Å².